The third-order valence-corrected chi connectivity index (χ3v) is 21.4. The molecule has 10 aromatic rings. The zero-order valence-electron chi connectivity index (χ0n) is 40.9. The Labute approximate surface area is 445 Å². The molecule has 0 N–H and O–H groups in total. The van der Waals surface area contributed by atoms with Gasteiger partial charge in [0.25, 0.3) is 0 Å². The summed E-state index contributed by atoms with van der Waals surface area (Å²) in [6.45, 7) is 0. The van der Waals surface area contributed by atoms with E-state index in [4.69, 9.17) is 13.0 Å². The van der Waals surface area contributed by atoms with Gasteiger partial charge in [-0.05, 0) is 40.8 Å². The van der Waals surface area contributed by atoms with E-state index in [1.54, 1.807) is 0 Å². The van der Waals surface area contributed by atoms with E-state index in [0.29, 0.717) is 6.42 Å². The van der Waals surface area contributed by atoms with Gasteiger partial charge >= 0.3 is 14.4 Å². The summed E-state index contributed by atoms with van der Waals surface area (Å²) >= 11 is 0. The zero-order chi connectivity index (χ0) is 53.3. The lowest BCUT2D eigenvalue weighted by Crippen LogP contribution is -2.54. The number of alkyl halides is 3. The van der Waals surface area contributed by atoms with Gasteiger partial charge in [0, 0.05) is 38.8 Å². The van der Waals surface area contributed by atoms with Gasteiger partial charge in [0.05, 0.1) is 0 Å². The molecule has 76 heavy (non-hydrogen) atoms. The van der Waals surface area contributed by atoms with E-state index in [1.807, 2.05) is 133 Å². The summed E-state index contributed by atoms with van der Waals surface area (Å²) in [6, 6.07) is 102. The molecule has 0 bridgehead atoms. The molecule has 0 unspecified atom stereocenters. The van der Waals surface area contributed by atoms with Crippen molar-refractivity contribution in [1.82, 2.24) is 0 Å². The third kappa shape index (κ3) is 10.2. The van der Waals surface area contributed by atoms with Gasteiger partial charge in [0.15, 0.2) is 20.0 Å². The fourth-order valence-corrected chi connectivity index (χ4v) is 18.9. The lowest BCUT2D eigenvalue weighted by atomic mass is 9.66. The van der Waals surface area contributed by atoms with Crippen LogP contribution >= 0.6 is 0 Å². The molecule has 0 aliphatic rings. The lowest BCUT2D eigenvalue weighted by molar-refractivity contribution is -0.0517. The fraction of sp³-hybridized carbons (Fsp3) is 0.0769. The summed E-state index contributed by atoms with van der Waals surface area (Å²) in [4.78, 5) is 0.258. The van der Waals surface area contributed by atoms with Crippen LogP contribution in [0.25, 0.3) is 0 Å². The highest BCUT2D eigenvalue weighted by Gasteiger charge is 2.71. The molecule has 0 saturated carbocycles. The third-order valence-electron chi connectivity index (χ3n) is 13.6. The average Bonchev–Trinajstić information content (AvgIpc) is 3.52. The summed E-state index contributed by atoms with van der Waals surface area (Å²) < 4.78 is 91.0. The molecule has 380 valence electrons. The summed E-state index contributed by atoms with van der Waals surface area (Å²) in [5, 5.41) is 0. The molecule has 0 aromatic heterocycles. The number of halogens is 3. The number of hydrogen-bond acceptors (Lipinski definition) is 5. The highest BCUT2D eigenvalue weighted by molar-refractivity contribution is 8.70. The van der Waals surface area contributed by atoms with Crippen molar-refractivity contribution in [3.05, 3.63) is 353 Å². The van der Waals surface area contributed by atoms with Crippen molar-refractivity contribution in [2.45, 2.75) is 31.7 Å². The van der Waals surface area contributed by atoms with Crippen LogP contribution in [0.4, 0.5) is 13.2 Å². The van der Waals surface area contributed by atoms with Crippen molar-refractivity contribution >= 4 is 28.9 Å². The minimum absolute atomic E-state index is 0.258. The van der Waals surface area contributed by atoms with Crippen molar-refractivity contribution in [1.29, 1.82) is 0 Å². The Morgan fingerprint density at radius 3 is 0.711 bits per heavy atom. The second-order valence-corrected chi connectivity index (χ2v) is 24.8. The second-order valence-electron chi connectivity index (χ2n) is 18.0. The molecular formula is C65H51F3O5S3. The number of hydrogen-bond donors (Lipinski definition) is 0. The van der Waals surface area contributed by atoms with Gasteiger partial charge in [-0.2, -0.15) is 21.6 Å². The Kier molecular flexibility index (Phi) is 15.8. The minimum atomic E-state index is -6.09. The van der Waals surface area contributed by atoms with Gasteiger partial charge in [0.2, 0.25) is 9.49 Å². The lowest BCUT2D eigenvalue weighted by Gasteiger charge is -2.43. The summed E-state index contributed by atoms with van der Waals surface area (Å²) in [5.74, 6) is 0. The molecule has 0 aliphatic carbocycles. The van der Waals surface area contributed by atoms with E-state index in [2.05, 4.69) is 164 Å². The van der Waals surface area contributed by atoms with Crippen LogP contribution in [0.15, 0.2) is 302 Å². The van der Waals surface area contributed by atoms with Crippen LogP contribution in [0.3, 0.4) is 0 Å². The first-order valence-corrected chi connectivity index (χ1v) is 29.0. The Bertz CT molecular complexity index is 3240. The molecule has 11 heteroatoms. The van der Waals surface area contributed by atoms with Gasteiger partial charge in [-0.25, -0.2) is 8.42 Å². The summed E-state index contributed by atoms with van der Waals surface area (Å²) in [6.07, 6.45) is 0.598. The molecular weight excluding hydrogens is 1010 g/mol. The van der Waals surface area contributed by atoms with Crippen LogP contribution in [0.2, 0.25) is 0 Å². The van der Waals surface area contributed by atoms with E-state index >= 15 is 8.42 Å². The standard InChI is InChI=1S/C64H51O2S2.CHF3O3S/c65-68(66,61-48-46-51(47-49-61)50-62(52-28-10-1-11-29-52,53-30-12-2-13-31-53)54-32-14-3-15-33-54)67(63(55-34-16-4-17-35-55,56-36-18-5-19-37-56)57-38-20-6-21-39-57)64(58-40-22-7-23-41-58,59-42-24-8-25-43-59)60-44-26-9-27-45-60;2-1(3,4)8(5,6)7/h1-49H,50H2;(H,5,6,7)/q+1;/p-1. The normalized spacial score (nSPS) is 12.3. The van der Waals surface area contributed by atoms with Gasteiger partial charge in [-0.3, -0.25) is 0 Å². The highest BCUT2D eigenvalue weighted by Crippen LogP contribution is 2.60. The summed E-state index contributed by atoms with van der Waals surface area (Å²) in [5.41, 5.74) is 3.57. The molecule has 0 spiro atoms. The predicted molar refractivity (Wildman–Crippen MR) is 298 cm³/mol. The molecule has 0 radical (unpaired) electrons. The fourth-order valence-electron chi connectivity index (χ4n) is 10.4. The Balaban J connectivity index is 0.000000817. The monoisotopic (exact) mass is 1060 g/mol. The van der Waals surface area contributed by atoms with Crippen molar-refractivity contribution in [3.8, 4) is 0 Å². The first-order valence-electron chi connectivity index (χ1n) is 24.4. The Hall–Kier alpha value is -7.80. The molecule has 0 heterocycles. The first-order chi connectivity index (χ1) is 36.7. The van der Waals surface area contributed by atoms with Gasteiger partial charge < -0.3 is 4.55 Å². The van der Waals surface area contributed by atoms with Gasteiger partial charge in [0.1, 0.15) is 4.90 Å². The van der Waals surface area contributed by atoms with E-state index < -0.39 is 49.3 Å². The second kappa shape index (κ2) is 22.6. The van der Waals surface area contributed by atoms with Crippen molar-refractivity contribution in [2.24, 2.45) is 0 Å². The minimum Gasteiger partial charge on any atom is -0.741 e. The van der Waals surface area contributed by atoms with E-state index in [0.717, 1.165) is 55.6 Å². The topological polar surface area (TPSA) is 91.3 Å². The maximum atomic E-state index is 17.3. The predicted octanol–water partition coefficient (Wildman–Crippen LogP) is 14.6. The van der Waals surface area contributed by atoms with Crippen LogP contribution in [0.1, 0.15) is 55.6 Å². The molecule has 0 fully saturated rings. The first kappa shape index (κ1) is 53.0. The maximum Gasteiger partial charge on any atom is 0.485 e. The molecule has 0 aliphatic heterocycles. The number of rotatable bonds is 15. The van der Waals surface area contributed by atoms with Gasteiger partial charge in [-0.1, -0.05) is 285 Å². The number of benzene rings is 10. The molecule has 10 rings (SSSR count). The SMILES string of the molecule is O=S(=O)([O-])C(F)(F)F.O=S(=O)(c1ccc(CC(c2ccccc2)(c2ccccc2)c2ccccc2)cc1)[S+](C(c1ccccc1)(c1ccccc1)c1ccccc1)C(c1ccccc1)(c1ccccc1)c1ccccc1. The van der Waals surface area contributed by atoms with Crippen LogP contribution in [-0.4, -0.2) is 26.9 Å². The van der Waals surface area contributed by atoms with Crippen molar-refractivity contribution < 1.29 is 34.6 Å². The smallest absolute Gasteiger partial charge is 0.485 e. The molecule has 5 nitrogen and oxygen atoms in total. The summed E-state index contributed by atoms with van der Waals surface area (Å²) in [7, 11) is -12.2. The van der Waals surface area contributed by atoms with Crippen LogP contribution < -0.4 is 0 Å². The van der Waals surface area contributed by atoms with Crippen molar-refractivity contribution in [3.63, 3.8) is 0 Å². The van der Waals surface area contributed by atoms with Crippen LogP contribution in [0, 0.1) is 0 Å². The Morgan fingerprint density at radius 1 is 0.316 bits per heavy atom. The molecule has 0 atom stereocenters. The maximum absolute atomic E-state index is 17.3. The molecule has 0 amide bonds. The average molecular weight is 1070 g/mol. The van der Waals surface area contributed by atoms with Crippen molar-refractivity contribution in [2.75, 3.05) is 0 Å². The van der Waals surface area contributed by atoms with Gasteiger partial charge in [-0.15, -0.1) is 0 Å². The largest absolute Gasteiger partial charge is 0.741 e. The molecule has 0 saturated heterocycles. The van der Waals surface area contributed by atoms with E-state index in [-0.39, 0.29) is 4.90 Å². The quantitative estimate of drug-likeness (QED) is 0.0335. The van der Waals surface area contributed by atoms with Crippen LogP contribution in [0.5, 0.6) is 0 Å². The Morgan fingerprint density at radius 2 is 0.513 bits per heavy atom. The zero-order valence-corrected chi connectivity index (χ0v) is 43.3. The van der Waals surface area contributed by atoms with E-state index in [1.165, 1.54) is 0 Å². The van der Waals surface area contributed by atoms with Crippen LogP contribution in [-0.2, 0) is 50.2 Å². The highest BCUT2D eigenvalue weighted by atomic mass is 33.2. The van der Waals surface area contributed by atoms with E-state index in [9.17, 15) is 13.2 Å². The molecule has 10 aromatic carbocycles.